The van der Waals surface area contributed by atoms with Crippen LogP contribution >= 0.6 is 7.34 Å². The molecule has 0 rings (SSSR count). The Morgan fingerprint density at radius 1 is 1.36 bits per heavy atom. The zero-order chi connectivity index (χ0) is 11.2. The van der Waals surface area contributed by atoms with E-state index in [0.717, 1.165) is 6.42 Å². The fraction of sp³-hybridized carbons (Fsp3) is 0.750. The first-order valence-corrected chi connectivity index (χ1v) is 6.56. The highest BCUT2D eigenvalue weighted by molar-refractivity contribution is 7.62. The van der Waals surface area contributed by atoms with E-state index in [1.165, 1.54) is 0 Å². The summed E-state index contributed by atoms with van der Waals surface area (Å²) in [6.45, 7) is 0. The van der Waals surface area contributed by atoms with Crippen molar-refractivity contribution in [2.24, 2.45) is 5.73 Å². The highest BCUT2D eigenvalue weighted by Crippen LogP contribution is 2.34. The molecule has 0 saturated carbocycles. The molecule has 0 aliphatic carbocycles. The highest BCUT2D eigenvalue weighted by Gasteiger charge is 2.10. The van der Waals surface area contributed by atoms with E-state index >= 15 is 0 Å². The molecule has 0 aliphatic rings. The summed E-state index contributed by atoms with van der Waals surface area (Å²) in [5.74, 6) is -0.992. The van der Waals surface area contributed by atoms with Crippen molar-refractivity contribution in [3.05, 3.63) is 0 Å². The maximum atomic E-state index is 10.3. The molecule has 0 aromatic rings. The fourth-order valence-corrected chi connectivity index (χ4v) is 1.76. The summed E-state index contributed by atoms with van der Waals surface area (Å²) in [4.78, 5) is 28.2. The smallest absolute Gasteiger partial charge is 0.320 e. The van der Waals surface area contributed by atoms with Crippen molar-refractivity contribution < 1.29 is 19.7 Å². The van der Waals surface area contributed by atoms with Gasteiger partial charge in [0.25, 0.3) is 0 Å². The largest absolute Gasteiger partial charge is 0.480 e. The van der Waals surface area contributed by atoms with Crippen molar-refractivity contribution >= 4 is 19.6 Å². The number of carboxylic acids is 1. The maximum Gasteiger partial charge on any atom is 0.320 e. The van der Waals surface area contributed by atoms with Crippen LogP contribution in [0.25, 0.3) is 0 Å². The molecule has 0 radical (unpaired) electrons. The maximum absolute atomic E-state index is 10.3. The van der Waals surface area contributed by atoms with Crippen LogP contribution in [0.15, 0.2) is 0 Å². The number of nitrogens with two attached hydrogens (primary N) is 1. The zero-order valence-electron chi connectivity index (χ0n) is 8.09. The second-order valence-corrected chi connectivity index (χ2v) is 5.60. The van der Waals surface area contributed by atoms with Gasteiger partial charge in [-0.3, -0.25) is 4.79 Å². The van der Waals surface area contributed by atoms with Gasteiger partial charge in [-0.25, -0.2) is 0 Å². The fourth-order valence-electron chi connectivity index (χ4n) is 1.03. The predicted molar refractivity (Wildman–Crippen MR) is 57.4 cm³/mol. The average Bonchev–Trinajstić information content (AvgIpc) is 2.01. The van der Waals surface area contributed by atoms with Gasteiger partial charge < -0.3 is 20.6 Å². The second kappa shape index (κ2) is 6.19. The molecule has 0 bridgehead atoms. The van der Waals surface area contributed by atoms with E-state index in [1.54, 1.807) is 0 Å². The molecular formula is C8H18NO4P. The summed E-state index contributed by atoms with van der Waals surface area (Å²) in [6.07, 6.45) is 6.05. The molecule has 0 spiro atoms. The van der Waals surface area contributed by atoms with E-state index in [1.807, 2.05) is 0 Å². The number of hydrogen-bond acceptors (Lipinski definition) is 4. The Hall–Kier alpha value is -0.350. The van der Waals surface area contributed by atoms with E-state index in [-0.39, 0.29) is 0 Å². The summed E-state index contributed by atoms with van der Waals surface area (Å²) in [5, 5.41) is 8.46. The van der Waals surface area contributed by atoms with E-state index in [2.05, 4.69) is 6.30 Å². The van der Waals surface area contributed by atoms with Crippen LogP contribution in [0.4, 0.5) is 0 Å². The quantitative estimate of drug-likeness (QED) is 0.365. The van der Waals surface area contributed by atoms with Gasteiger partial charge in [0.15, 0.2) is 0 Å². The van der Waals surface area contributed by atoms with Gasteiger partial charge in [-0.1, -0.05) is 19.1 Å². The van der Waals surface area contributed by atoms with Crippen LogP contribution < -0.4 is 5.73 Å². The first-order chi connectivity index (χ1) is 6.33. The van der Waals surface area contributed by atoms with Gasteiger partial charge in [0, 0.05) is 6.16 Å². The van der Waals surface area contributed by atoms with Crippen LogP contribution in [0, 0.1) is 0 Å². The van der Waals surface area contributed by atoms with Crippen LogP contribution in [0.5, 0.6) is 0 Å². The Balaban J connectivity index is 3.39. The molecular weight excluding hydrogens is 205 g/mol. The molecule has 0 saturated heterocycles. The number of carbonyl (C=O) groups is 1. The lowest BCUT2D eigenvalue weighted by Crippen LogP contribution is -2.29. The third-order valence-electron chi connectivity index (χ3n) is 1.85. The van der Waals surface area contributed by atoms with Crippen LogP contribution in [0.2, 0.25) is 0 Å². The van der Waals surface area contributed by atoms with Crippen molar-refractivity contribution in [1.82, 2.24) is 0 Å². The molecule has 1 atom stereocenters. The average molecular weight is 223 g/mol. The van der Waals surface area contributed by atoms with Gasteiger partial charge in [-0.2, -0.15) is 0 Å². The standard InChI is InChI=1S/C8H18NO4P/c1-14(12,13)6-4-2-3-5-7(9)8(10)11/h7,12-13H,1-6,9H2,(H,10,11). The summed E-state index contributed by atoms with van der Waals surface area (Å²) in [6, 6.07) is -0.808. The minimum atomic E-state index is -2.90. The number of carboxylic acid groups (broad SMARTS) is 1. The monoisotopic (exact) mass is 223 g/mol. The Morgan fingerprint density at radius 2 is 1.93 bits per heavy atom. The van der Waals surface area contributed by atoms with Gasteiger partial charge in [-0.15, -0.1) is 0 Å². The van der Waals surface area contributed by atoms with Gasteiger partial charge >= 0.3 is 5.97 Å². The Kier molecular flexibility index (Phi) is 6.04. The van der Waals surface area contributed by atoms with Gasteiger partial charge in [0.05, 0.1) is 0 Å². The van der Waals surface area contributed by atoms with Gasteiger partial charge in [0.2, 0.25) is 0 Å². The molecule has 0 aliphatic heterocycles. The highest BCUT2D eigenvalue weighted by atomic mass is 31.2. The van der Waals surface area contributed by atoms with Crippen molar-refractivity contribution in [1.29, 1.82) is 0 Å². The summed E-state index contributed by atoms with van der Waals surface area (Å²) in [5.41, 5.74) is 5.28. The lowest BCUT2D eigenvalue weighted by molar-refractivity contribution is -0.138. The lowest BCUT2D eigenvalue weighted by Gasteiger charge is -2.09. The Labute approximate surface area is 83.7 Å². The van der Waals surface area contributed by atoms with Crippen molar-refractivity contribution in [2.75, 3.05) is 6.16 Å². The van der Waals surface area contributed by atoms with Crippen LogP contribution in [-0.4, -0.2) is 39.4 Å². The van der Waals surface area contributed by atoms with Gasteiger partial charge in [-0.05, 0) is 12.8 Å². The Bertz CT molecular complexity index is 225. The zero-order valence-corrected chi connectivity index (χ0v) is 8.99. The molecule has 84 valence electrons. The van der Waals surface area contributed by atoms with E-state index in [4.69, 9.17) is 20.6 Å². The number of aliphatic carboxylic acids is 1. The molecule has 14 heavy (non-hydrogen) atoms. The molecule has 5 N–H and O–H groups in total. The SMILES string of the molecule is C=P(O)(O)CCCCCC(N)C(=O)O. The van der Waals surface area contributed by atoms with E-state index < -0.39 is 19.4 Å². The summed E-state index contributed by atoms with van der Waals surface area (Å²) < 4.78 is 0. The third kappa shape index (κ3) is 8.26. The first kappa shape index (κ1) is 13.7. The third-order valence-corrected chi connectivity index (χ3v) is 2.88. The minimum Gasteiger partial charge on any atom is -0.480 e. The van der Waals surface area contributed by atoms with Gasteiger partial charge in [0.1, 0.15) is 13.4 Å². The lowest BCUT2D eigenvalue weighted by atomic mass is 10.1. The summed E-state index contributed by atoms with van der Waals surface area (Å²) >= 11 is 0. The number of rotatable bonds is 7. The molecule has 5 nitrogen and oxygen atoms in total. The van der Waals surface area contributed by atoms with Crippen molar-refractivity contribution in [3.8, 4) is 0 Å². The van der Waals surface area contributed by atoms with E-state index in [9.17, 15) is 4.79 Å². The molecule has 6 heteroatoms. The molecule has 0 fully saturated rings. The normalized spacial score (nSPS) is 13.9. The number of unbranched alkanes of at least 4 members (excludes halogenated alkanes) is 2. The van der Waals surface area contributed by atoms with Crippen molar-refractivity contribution in [3.63, 3.8) is 0 Å². The topological polar surface area (TPSA) is 104 Å². The van der Waals surface area contributed by atoms with Crippen molar-refractivity contribution in [2.45, 2.75) is 31.7 Å². The molecule has 0 heterocycles. The van der Waals surface area contributed by atoms with Crippen LogP contribution in [-0.2, 0) is 4.79 Å². The van der Waals surface area contributed by atoms with E-state index in [0.29, 0.717) is 25.4 Å². The molecule has 1 unspecified atom stereocenters. The molecule has 0 aromatic heterocycles. The predicted octanol–water partition coefficient (Wildman–Crippen LogP) is 0.223. The second-order valence-electron chi connectivity index (χ2n) is 3.40. The first-order valence-electron chi connectivity index (χ1n) is 4.49. The molecule has 0 amide bonds. The Morgan fingerprint density at radius 3 is 2.36 bits per heavy atom. The number of hydrogen-bond donors (Lipinski definition) is 4. The van der Waals surface area contributed by atoms with Crippen LogP contribution in [0.1, 0.15) is 25.7 Å². The summed E-state index contributed by atoms with van der Waals surface area (Å²) in [7, 11) is -2.90. The van der Waals surface area contributed by atoms with Crippen LogP contribution in [0.3, 0.4) is 0 Å². The minimum absolute atomic E-state index is 0.301. The molecule has 0 aromatic carbocycles.